The van der Waals surface area contributed by atoms with Crippen LogP contribution in [0.3, 0.4) is 0 Å². The molecule has 2 nitrogen and oxygen atoms in total. The summed E-state index contributed by atoms with van der Waals surface area (Å²) in [4.78, 5) is 0. The Labute approximate surface area is 44.2 Å². The second-order valence-corrected chi connectivity index (χ2v) is 1.16. The molecular formula is C5H11NO. The molecule has 0 aromatic rings. The molecule has 0 aromatic carbocycles. The number of nitrogens with one attached hydrogen (secondary N) is 1. The van der Waals surface area contributed by atoms with E-state index in [1.54, 1.807) is 7.11 Å². The third-order valence-corrected chi connectivity index (χ3v) is 0.620. The molecule has 0 heterocycles. The Kier molecular flexibility index (Phi) is 3.19. The van der Waals surface area contributed by atoms with Crippen molar-refractivity contribution in [2.75, 3.05) is 13.7 Å². The molecule has 0 unspecified atom stereocenters. The first-order valence-corrected chi connectivity index (χ1v) is 2.28. The molecule has 7 heavy (non-hydrogen) atoms. The fourth-order valence-corrected chi connectivity index (χ4v) is 0.269. The second-order valence-electron chi connectivity index (χ2n) is 1.16. The Bertz CT molecular complexity index is 61.1. The summed E-state index contributed by atoms with van der Waals surface area (Å²) in [7, 11) is 1.59. The van der Waals surface area contributed by atoms with E-state index in [9.17, 15) is 0 Å². The van der Waals surface area contributed by atoms with Crippen LogP contribution in [0.4, 0.5) is 0 Å². The summed E-state index contributed by atoms with van der Waals surface area (Å²) in [5.74, 6) is 0.627. The van der Waals surface area contributed by atoms with E-state index in [-0.39, 0.29) is 0 Å². The van der Waals surface area contributed by atoms with Gasteiger partial charge in [0.05, 0.1) is 7.11 Å². The van der Waals surface area contributed by atoms with E-state index in [2.05, 4.69) is 16.6 Å². The van der Waals surface area contributed by atoms with Crippen molar-refractivity contribution in [3.8, 4) is 0 Å². The minimum Gasteiger partial charge on any atom is -0.483 e. The summed E-state index contributed by atoms with van der Waals surface area (Å²) in [5.41, 5.74) is 0. The van der Waals surface area contributed by atoms with E-state index in [0.29, 0.717) is 5.88 Å². The van der Waals surface area contributed by atoms with Crippen LogP contribution >= 0.6 is 0 Å². The summed E-state index contributed by atoms with van der Waals surface area (Å²) >= 11 is 0. The Morgan fingerprint density at radius 3 is 2.57 bits per heavy atom. The minimum absolute atomic E-state index is 0.627. The Morgan fingerprint density at radius 2 is 2.43 bits per heavy atom. The van der Waals surface area contributed by atoms with E-state index in [0.717, 1.165) is 6.54 Å². The van der Waals surface area contributed by atoms with Gasteiger partial charge in [-0.2, -0.15) is 0 Å². The molecule has 0 aromatic heterocycles. The van der Waals surface area contributed by atoms with Gasteiger partial charge < -0.3 is 10.1 Å². The summed E-state index contributed by atoms with van der Waals surface area (Å²) in [6.07, 6.45) is 0. The molecule has 0 spiro atoms. The first-order chi connectivity index (χ1) is 3.31. The first-order valence-electron chi connectivity index (χ1n) is 2.28. The fourth-order valence-electron chi connectivity index (χ4n) is 0.269. The summed E-state index contributed by atoms with van der Waals surface area (Å²) in [6, 6.07) is 0. The lowest BCUT2D eigenvalue weighted by Gasteiger charge is -2.02. The van der Waals surface area contributed by atoms with Crippen molar-refractivity contribution in [3.05, 3.63) is 12.5 Å². The van der Waals surface area contributed by atoms with Crippen LogP contribution in [0.1, 0.15) is 6.92 Å². The number of ether oxygens (including phenoxy) is 1. The lowest BCUT2D eigenvalue weighted by Crippen LogP contribution is -2.11. The maximum atomic E-state index is 4.69. The molecule has 0 aliphatic rings. The number of methoxy groups -OCH3 is 1. The van der Waals surface area contributed by atoms with Gasteiger partial charge in [-0.3, -0.25) is 0 Å². The van der Waals surface area contributed by atoms with E-state index in [4.69, 9.17) is 0 Å². The molecule has 1 N–H and O–H groups in total. The molecule has 0 radical (unpaired) electrons. The SMILES string of the molecule is C=C(NCC)OC. The standard InChI is InChI=1S/C5H11NO/c1-4-6-5(2)7-3/h6H,2,4H2,1,3H3. The number of hydrogen-bond donors (Lipinski definition) is 1. The first kappa shape index (κ1) is 6.34. The smallest absolute Gasteiger partial charge is 0.178 e. The van der Waals surface area contributed by atoms with Gasteiger partial charge in [-0.25, -0.2) is 0 Å². The largest absolute Gasteiger partial charge is 0.483 e. The van der Waals surface area contributed by atoms with Gasteiger partial charge in [-0.1, -0.05) is 0 Å². The molecule has 0 saturated carbocycles. The molecule has 0 amide bonds. The maximum absolute atomic E-state index is 4.69. The Morgan fingerprint density at radius 1 is 1.86 bits per heavy atom. The van der Waals surface area contributed by atoms with Crippen molar-refractivity contribution >= 4 is 0 Å². The molecule has 0 aliphatic carbocycles. The van der Waals surface area contributed by atoms with Gasteiger partial charge in [0.25, 0.3) is 0 Å². The molecule has 0 rings (SSSR count). The topological polar surface area (TPSA) is 21.3 Å². The Hall–Kier alpha value is -0.660. The zero-order valence-electron chi connectivity index (χ0n) is 4.82. The van der Waals surface area contributed by atoms with E-state index in [1.807, 2.05) is 6.92 Å². The fraction of sp³-hybridized carbons (Fsp3) is 0.600. The highest BCUT2D eigenvalue weighted by atomic mass is 16.5. The molecular weight excluding hydrogens is 90.1 g/mol. The van der Waals surface area contributed by atoms with Crippen LogP contribution in [0.5, 0.6) is 0 Å². The van der Waals surface area contributed by atoms with E-state index >= 15 is 0 Å². The van der Waals surface area contributed by atoms with Gasteiger partial charge >= 0.3 is 0 Å². The molecule has 0 atom stereocenters. The molecule has 2 heteroatoms. The van der Waals surface area contributed by atoms with Crippen LogP contribution in [-0.2, 0) is 4.74 Å². The van der Waals surface area contributed by atoms with Crippen LogP contribution in [0.2, 0.25) is 0 Å². The van der Waals surface area contributed by atoms with Crippen molar-refractivity contribution in [1.82, 2.24) is 5.32 Å². The van der Waals surface area contributed by atoms with Gasteiger partial charge in [0.15, 0.2) is 5.88 Å². The van der Waals surface area contributed by atoms with Crippen molar-refractivity contribution in [3.63, 3.8) is 0 Å². The average Bonchev–Trinajstić information content (AvgIpc) is 1.68. The van der Waals surface area contributed by atoms with Crippen LogP contribution in [0, 0.1) is 0 Å². The van der Waals surface area contributed by atoms with Gasteiger partial charge in [-0.05, 0) is 13.5 Å². The van der Waals surface area contributed by atoms with Crippen LogP contribution in [-0.4, -0.2) is 13.7 Å². The highest BCUT2D eigenvalue weighted by Gasteiger charge is 1.79. The highest BCUT2D eigenvalue weighted by molar-refractivity contribution is 4.75. The van der Waals surface area contributed by atoms with Crippen LogP contribution in [0.25, 0.3) is 0 Å². The third-order valence-electron chi connectivity index (χ3n) is 0.620. The molecule has 0 bridgehead atoms. The highest BCUT2D eigenvalue weighted by Crippen LogP contribution is 1.78. The van der Waals surface area contributed by atoms with Gasteiger partial charge in [0, 0.05) is 6.54 Å². The molecule has 0 aliphatic heterocycles. The summed E-state index contributed by atoms with van der Waals surface area (Å²) < 4.78 is 4.69. The predicted octanol–water partition coefficient (Wildman–Crippen LogP) is 0.714. The normalized spacial score (nSPS) is 7.71. The quantitative estimate of drug-likeness (QED) is 0.529. The number of rotatable bonds is 3. The second kappa shape index (κ2) is 3.53. The maximum Gasteiger partial charge on any atom is 0.178 e. The van der Waals surface area contributed by atoms with Gasteiger partial charge in [-0.15, -0.1) is 0 Å². The van der Waals surface area contributed by atoms with Crippen molar-refractivity contribution in [1.29, 1.82) is 0 Å². The summed E-state index contributed by atoms with van der Waals surface area (Å²) in [5, 5.41) is 2.88. The van der Waals surface area contributed by atoms with Crippen molar-refractivity contribution in [2.45, 2.75) is 6.92 Å². The van der Waals surface area contributed by atoms with Crippen LogP contribution < -0.4 is 5.32 Å². The van der Waals surface area contributed by atoms with Crippen molar-refractivity contribution in [2.24, 2.45) is 0 Å². The van der Waals surface area contributed by atoms with E-state index < -0.39 is 0 Å². The summed E-state index contributed by atoms with van der Waals surface area (Å²) in [6.45, 7) is 6.39. The number of hydrogen-bond acceptors (Lipinski definition) is 2. The molecule has 0 fully saturated rings. The zero-order chi connectivity index (χ0) is 5.70. The van der Waals surface area contributed by atoms with Crippen LogP contribution in [0.15, 0.2) is 12.5 Å². The van der Waals surface area contributed by atoms with Gasteiger partial charge in [0.2, 0.25) is 0 Å². The van der Waals surface area contributed by atoms with Gasteiger partial charge in [0.1, 0.15) is 0 Å². The predicted molar refractivity (Wildman–Crippen MR) is 29.8 cm³/mol. The molecule has 0 saturated heterocycles. The molecule has 42 valence electrons. The third kappa shape index (κ3) is 3.16. The zero-order valence-corrected chi connectivity index (χ0v) is 4.82. The minimum atomic E-state index is 0.627. The van der Waals surface area contributed by atoms with Crippen molar-refractivity contribution < 1.29 is 4.74 Å². The average molecular weight is 101 g/mol. The Balaban J connectivity index is 3.00. The van der Waals surface area contributed by atoms with E-state index in [1.165, 1.54) is 0 Å². The lowest BCUT2D eigenvalue weighted by atomic mass is 10.7. The monoisotopic (exact) mass is 101 g/mol. The lowest BCUT2D eigenvalue weighted by molar-refractivity contribution is 0.265.